The van der Waals surface area contributed by atoms with Crippen LogP contribution in [0.3, 0.4) is 0 Å². The molecule has 1 aromatic carbocycles. The molecule has 1 heterocycles. The molecular weight excluding hydrogens is 264 g/mol. The Morgan fingerprint density at radius 3 is 3.00 bits per heavy atom. The number of carbonyl (C=O) groups excluding carboxylic acids is 1. The lowest BCUT2D eigenvalue weighted by Crippen LogP contribution is -2.47. The molecule has 2 N–H and O–H groups in total. The summed E-state index contributed by atoms with van der Waals surface area (Å²) < 4.78 is 5.25. The van der Waals surface area contributed by atoms with Crippen molar-refractivity contribution in [2.75, 3.05) is 20.2 Å². The number of likely N-dealkylation sites (tertiary alicyclic amines) is 1. The topological polar surface area (TPSA) is 55.6 Å². The van der Waals surface area contributed by atoms with Crippen LogP contribution in [0.1, 0.15) is 44.1 Å². The minimum atomic E-state index is 0.188. The van der Waals surface area contributed by atoms with E-state index in [0.29, 0.717) is 13.0 Å². The van der Waals surface area contributed by atoms with E-state index in [1.54, 1.807) is 7.11 Å². The zero-order valence-corrected chi connectivity index (χ0v) is 13.0. The number of ether oxygens (including phenoxy) is 1. The summed E-state index contributed by atoms with van der Waals surface area (Å²) in [6, 6.07) is 8.18. The van der Waals surface area contributed by atoms with E-state index in [2.05, 4.69) is 13.0 Å². The SMILES string of the molecule is COc1cccc(C(C)CC(=O)N2CCCCC2CN)c1. The van der Waals surface area contributed by atoms with Crippen molar-refractivity contribution >= 4 is 5.91 Å². The predicted molar refractivity (Wildman–Crippen MR) is 84.4 cm³/mol. The highest BCUT2D eigenvalue weighted by Gasteiger charge is 2.26. The van der Waals surface area contributed by atoms with Crippen molar-refractivity contribution in [3.63, 3.8) is 0 Å². The minimum Gasteiger partial charge on any atom is -0.497 e. The van der Waals surface area contributed by atoms with E-state index in [1.165, 1.54) is 6.42 Å². The van der Waals surface area contributed by atoms with Gasteiger partial charge in [-0.3, -0.25) is 4.79 Å². The third-order valence-electron chi connectivity index (χ3n) is 4.36. The number of carbonyl (C=O) groups is 1. The number of nitrogens with two attached hydrogens (primary N) is 1. The van der Waals surface area contributed by atoms with Crippen LogP contribution in [0.25, 0.3) is 0 Å². The Morgan fingerprint density at radius 1 is 1.48 bits per heavy atom. The van der Waals surface area contributed by atoms with Crippen LogP contribution in [-0.2, 0) is 4.79 Å². The summed E-state index contributed by atoms with van der Waals surface area (Å²) >= 11 is 0. The van der Waals surface area contributed by atoms with Crippen LogP contribution in [0.15, 0.2) is 24.3 Å². The summed E-state index contributed by atoms with van der Waals surface area (Å²) in [7, 11) is 1.66. The molecule has 2 rings (SSSR count). The standard InChI is InChI=1S/C17H26N2O2/c1-13(14-6-5-8-16(11-14)21-2)10-17(20)19-9-4-3-7-15(19)12-18/h5-6,8,11,13,15H,3-4,7,9-10,12,18H2,1-2H3. The molecule has 2 atom stereocenters. The first-order valence-electron chi connectivity index (χ1n) is 7.79. The molecule has 1 saturated heterocycles. The van der Waals surface area contributed by atoms with Gasteiger partial charge in [-0.05, 0) is 42.9 Å². The second kappa shape index (κ2) is 7.46. The molecule has 1 aromatic rings. The largest absolute Gasteiger partial charge is 0.497 e. The molecule has 1 fully saturated rings. The Labute approximate surface area is 127 Å². The molecule has 116 valence electrons. The Bertz CT molecular complexity index is 476. The number of rotatable bonds is 5. The quantitative estimate of drug-likeness (QED) is 0.906. The Morgan fingerprint density at radius 2 is 2.29 bits per heavy atom. The summed E-state index contributed by atoms with van der Waals surface area (Å²) in [6.45, 7) is 3.51. The highest BCUT2D eigenvalue weighted by atomic mass is 16.5. The zero-order valence-electron chi connectivity index (χ0n) is 13.0. The summed E-state index contributed by atoms with van der Waals surface area (Å²) in [5, 5.41) is 0. The molecule has 0 radical (unpaired) electrons. The first-order valence-corrected chi connectivity index (χ1v) is 7.79. The van der Waals surface area contributed by atoms with Gasteiger partial charge in [0, 0.05) is 25.6 Å². The number of hydrogen-bond acceptors (Lipinski definition) is 3. The monoisotopic (exact) mass is 290 g/mol. The Kier molecular flexibility index (Phi) is 5.62. The predicted octanol–water partition coefficient (Wildman–Crippen LogP) is 2.53. The van der Waals surface area contributed by atoms with E-state index in [0.717, 1.165) is 30.7 Å². The molecule has 1 aliphatic rings. The Balaban J connectivity index is 2.00. The number of nitrogens with zero attached hydrogens (tertiary/aromatic N) is 1. The molecule has 0 spiro atoms. The van der Waals surface area contributed by atoms with Gasteiger partial charge < -0.3 is 15.4 Å². The summed E-state index contributed by atoms with van der Waals surface area (Å²) in [6.07, 6.45) is 3.84. The van der Waals surface area contributed by atoms with Crippen molar-refractivity contribution in [3.05, 3.63) is 29.8 Å². The van der Waals surface area contributed by atoms with Gasteiger partial charge in [-0.2, -0.15) is 0 Å². The van der Waals surface area contributed by atoms with Gasteiger partial charge in [-0.1, -0.05) is 19.1 Å². The van der Waals surface area contributed by atoms with Crippen molar-refractivity contribution < 1.29 is 9.53 Å². The number of hydrogen-bond donors (Lipinski definition) is 1. The van der Waals surface area contributed by atoms with Crippen molar-refractivity contribution in [2.45, 2.75) is 44.6 Å². The molecule has 21 heavy (non-hydrogen) atoms. The van der Waals surface area contributed by atoms with E-state index in [4.69, 9.17) is 10.5 Å². The van der Waals surface area contributed by atoms with Crippen molar-refractivity contribution in [2.24, 2.45) is 5.73 Å². The van der Waals surface area contributed by atoms with Crippen LogP contribution in [0.5, 0.6) is 5.75 Å². The molecule has 1 aliphatic heterocycles. The van der Waals surface area contributed by atoms with Gasteiger partial charge in [0.1, 0.15) is 5.75 Å². The van der Waals surface area contributed by atoms with Crippen LogP contribution in [-0.4, -0.2) is 37.0 Å². The van der Waals surface area contributed by atoms with E-state index in [1.807, 2.05) is 23.1 Å². The fraction of sp³-hybridized carbons (Fsp3) is 0.588. The normalized spacial score (nSPS) is 20.1. The minimum absolute atomic E-state index is 0.188. The van der Waals surface area contributed by atoms with Crippen molar-refractivity contribution in [1.82, 2.24) is 4.90 Å². The number of methoxy groups -OCH3 is 1. The Hall–Kier alpha value is -1.55. The molecule has 0 saturated carbocycles. The lowest BCUT2D eigenvalue weighted by atomic mass is 9.95. The molecule has 0 aliphatic carbocycles. The fourth-order valence-electron chi connectivity index (χ4n) is 3.02. The first kappa shape index (κ1) is 15.8. The average molecular weight is 290 g/mol. The van der Waals surface area contributed by atoms with Crippen LogP contribution in [0, 0.1) is 0 Å². The molecule has 4 nitrogen and oxygen atoms in total. The number of piperidine rings is 1. The third-order valence-corrected chi connectivity index (χ3v) is 4.36. The average Bonchev–Trinajstić information content (AvgIpc) is 2.54. The van der Waals surface area contributed by atoms with Crippen LogP contribution in [0.4, 0.5) is 0 Å². The molecular formula is C17H26N2O2. The van der Waals surface area contributed by atoms with Gasteiger partial charge in [0.15, 0.2) is 0 Å². The van der Waals surface area contributed by atoms with Gasteiger partial charge in [-0.15, -0.1) is 0 Å². The highest BCUT2D eigenvalue weighted by molar-refractivity contribution is 5.77. The summed E-state index contributed by atoms with van der Waals surface area (Å²) in [4.78, 5) is 14.5. The van der Waals surface area contributed by atoms with Crippen molar-refractivity contribution in [3.8, 4) is 5.75 Å². The lowest BCUT2D eigenvalue weighted by molar-refractivity contribution is -0.135. The molecule has 4 heteroatoms. The van der Waals surface area contributed by atoms with E-state index in [-0.39, 0.29) is 17.9 Å². The summed E-state index contributed by atoms with van der Waals surface area (Å²) in [5.74, 6) is 1.25. The number of benzene rings is 1. The maximum absolute atomic E-state index is 12.5. The zero-order chi connectivity index (χ0) is 15.2. The molecule has 1 amide bonds. The first-order chi connectivity index (χ1) is 10.2. The van der Waals surface area contributed by atoms with Gasteiger partial charge in [0.05, 0.1) is 7.11 Å². The van der Waals surface area contributed by atoms with Gasteiger partial charge in [-0.25, -0.2) is 0 Å². The lowest BCUT2D eigenvalue weighted by Gasteiger charge is -2.35. The molecule has 0 aromatic heterocycles. The van der Waals surface area contributed by atoms with E-state index in [9.17, 15) is 4.79 Å². The smallest absolute Gasteiger partial charge is 0.223 e. The maximum atomic E-state index is 12.5. The number of amides is 1. The van der Waals surface area contributed by atoms with Gasteiger partial charge in [0.2, 0.25) is 5.91 Å². The van der Waals surface area contributed by atoms with Crippen LogP contribution < -0.4 is 10.5 Å². The van der Waals surface area contributed by atoms with E-state index < -0.39 is 0 Å². The maximum Gasteiger partial charge on any atom is 0.223 e. The van der Waals surface area contributed by atoms with Gasteiger partial charge in [0.25, 0.3) is 0 Å². The summed E-state index contributed by atoms with van der Waals surface area (Å²) in [5.41, 5.74) is 6.94. The molecule has 2 unspecified atom stereocenters. The van der Waals surface area contributed by atoms with Crippen molar-refractivity contribution in [1.29, 1.82) is 0 Å². The molecule has 0 bridgehead atoms. The second-order valence-corrected chi connectivity index (χ2v) is 5.85. The van der Waals surface area contributed by atoms with Crippen LogP contribution in [0.2, 0.25) is 0 Å². The van der Waals surface area contributed by atoms with Crippen LogP contribution >= 0.6 is 0 Å². The third kappa shape index (κ3) is 3.97. The van der Waals surface area contributed by atoms with Gasteiger partial charge >= 0.3 is 0 Å². The van der Waals surface area contributed by atoms with E-state index >= 15 is 0 Å². The second-order valence-electron chi connectivity index (χ2n) is 5.85. The fourth-order valence-corrected chi connectivity index (χ4v) is 3.02. The highest BCUT2D eigenvalue weighted by Crippen LogP contribution is 2.25.